The van der Waals surface area contributed by atoms with Crippen LogP contribution in [0.25, 0.3) is 0 Å². The van der Waals surface area contributed by atoms with Crippen molar-refractivity contribution in [2.45, 2.75) is 31.2 Å². The SMILES string of the molecule is CCNC(CSc1cccc(C)c1)Cc1ccncc1. The molecule has 1 aromatic heterocycles. The van der Waals surface area contributed by atoms with Gasteiger partial charge in [-0.05, 0) is 49.7 Å². The van der Waals surface area contributed by atoms with Crippen molar-refractivity contribution in [3.05, 3.63) is 59.9 Å². The molecule has 1 aromatic carbocycles. The maximum atomic E-state index is 4.08. The highest BCUT2D eigenvalue weighted by atomic mass is 32.2. The lowest BCUT2D eigenvalue weighted by Gasteiger charge is -2.17. The van der Waals surface area contributed by atoms with E-state index in [9.17, 15) is 0 Å². The van der Waals surface area contributed by atoms with Crippen molar-refractivity contribution in [2.75, 3.05) is 12.3 Å². The monoisotopic (exact) mass is 286 g/mol. The van der Waals surface area contributed by atoms with Gasteiger partial charge in [0.2, 0.25) is 0 Å². The third kappa shape index (κ3) is 4.99. The molecule has 0 aliphatic carbocycles. The average molecular weight is 286 g/mol. The van der Waals surface area contributed by atoms with Gasteiger partial charge < -0.3 is 5.32 Å². The van der Waals surface area contributed by atoms with Gasteiger partial charge in [-0.25, -0.2) is 0 Å². The number of aryl methyl sites for hydroxylation is 1. The fourth-order valence-electron chi connectivity index (χ4n) is 2.18. The van der Waals surface area contributed by atoms with Gasteiger partial charge in [0.25, 0.3) is 0 Å². The molecule has 0 fully saturated rings. The predicted octanol–water partition coefficient (Wildman–Crippen LogP) is 3.70. The molecule has 1 N–H and O–H groups in total. The minimum absolute atomic E-state index is 0.493. The molecule has 0 aliphatic heterocycles. The largest absolute Gasteiger partial charge is 0.313 e. The second-order valence-electron chi connectivity index (χ2n) is 4.94. The van der Waals surface area contributed by atoms with Crippen LogP contribution in [-0.4, -0.2) is 23.3 Å². The molecule has 0 radical (unpaired) electrons. The number of benzene rings is 1. The molecule has 0 saturated carbocycles. The summed E-state index contributed by atoms with van der Waals surface area (Å²) in [7, 11) is 0. The molecule has 0 saturated heterocycles. The zero-order valence-corrected chi connectivity index (χ0v) is 13.0. The fourth-order valence-corrected chi connectivity index (χ4v) is 3.26. The molecule has 0 spiro atoms. The first-order chi connectivity index (χ1) is 9.78. The van der Waals surface area contributed by atoms with Gasteiger partial charge in [0.1, 0.15) is 0 Å². The first kappa shape index (κ1) is 15.1. The zero-order chi connectivity index (χ0) is 14.2. The van der Waals surface area contributed by atoms with Crippen LogP contribution in [0.15, 0.2) is 53.7 Å². The average Bonchev–Trinajstić information content (AvgIpc) is 2.46. The molecule has 0 bridgehead atoms. The van der Waals surface area contributed by atoms with Gasteiger partial charge in [-0.15, -0.1) is 11.8 Å². The molecule has 3 heteroatoms. The van der Waals surface area contributed by atoms with Crippen LogP contribution in [0, 0.1) is 6.92 Å². The van der Waals surface area contributed by atoms with Crippen molar-refractivity contribution in [3.8, 4) is 0 Å². The van der Waals surface area contributed by atoms with Gasteiger partial charge in [-0.2, -0.15) is 0 Å². The number of thioether (sulfide) groups is 1. The highest BCUT2D eigenvalue weighted by Gasteiger charge is 2.09. The van der Waals surface area contributed by atoms with Crippen LogP contribution >= 0.6 is 11.8 Å². The Hall–Kier alpha value is -1.32. The lowest BCUT2D eigenvalue weighted by Crippen LogP contribution is -2.33. The summed E-state index contributed by atoms with van der Waals surface area (Å²) in [6, 6.07) is 13.4. The Labute approximate surface area is 126 Å². The van der Waals surface area contributed by atoms with E-state index in [1.165, 1.54) is 16.0 Å². The Morgan fingerprint density at radius 1 is 1.20 bits per heavy atom. The molecular weight excluding hydrogens is 264 g/mol. The van der Waals surface area contributed by atoms with Crippen molar-refractivity contribution in [1.29, 1.82) is 0 Å². The predicted molar refractivity (Wildman–Crippen MR) is 87.3 cm³/mol. The Bertz CT molecular complexity index is 513. The Kier molecular flexibility index (Phi) is 6.09. The summed E-state index contributed by atoms with van der Waals surface area (Å²) in [6.07, 6.45) is 4.78. The fraction of sp³-hybridized carbons (Fsp3) is 0.353. The summed E-state index contributed by atoms with van der Waals surface area (Å²) in [5, 5.41) is 3.57. The quantitative estimate of drug-likeness (QED) is 0.786. The van der Waals surface area contributed by atoms with E-state index in [4.69, 9.17) is 0 Å². The summed E-state index contributed by atoms with van der Waals surface area (Å²) in [5.41, 5.74) is 2.67. The van der Waals surface area contributed by atoms with Gasteiger partial charge in [-0.3, -0.25) is 4.98 Å². The second-order valence-corrected chi connectivity index (χ2v) is 6.04. The molecule has 106 valence electrons. The molecule has 2 rings (SSSR count). The van der Waals surface area contributed by atoms with E-state index in [0.717, 1.165) is 18.7 Å². The van der Waals surface area contributed by atoms with E-state index in [1.807, 2.05) is 24.2 Å². The van der Waals surface area contributed by atoms with E-state index in [1.54, 1.807) is 0 Å². The van der Waals surface area contributed by atoms with Gasteiger partial charge in [0.15, 0.2) is 0 Å². The van der Waals surface area contributed by atoms with Crippen LogP contribution in [0.2, 0.25) is 0 Å². The third-order valence-electron chi connectivity index (χ3n) is 3.16. The summed E-state index contributed by atoms with van der Waals surface area (Å²) in [4.78, 5) is 5.43. The molecule has 0 aliphatic rings. The summed E-state index contributed by atoms with van der Waals surface area (Å²) >= 11 is 1.92. The number of nitrogens with zero attached hydrogens (tertiary/aromatic N) is 1. The maximum Gasteiger partial charge on any atom is 0.0270 e. The van der Waals surface area contributed by atoms with Crippen molar-refractivity contribution in [2.24, 2.45) is 0 Å². The standard InChI is InChI=1S/C17H22N2S/c1-3-19-16(12-15-7-9-18-10-8-15)13-20-17-6-4-5-14(2)11-17/h4-11,16,19H,3,12-13H2,1-2H3. The lowest BCUT2D eigenvalue weighted by molar-refractivity contribution is 0.572. The van der Waals surface area contributed by atoms with Crippen LogP contribution in [-0.2, 0) is 6.42 Å². The highest BCUT2D eigenvalue weighted by molar-refractivity contribution is 7.99. The summed E-state index contributed by atoms with van der Waals surface area (Å²) in [5.74, 6) is 1.08. The van der Waals surface area contributed by atoms with E-state index in [2.05, 4.69) is 60.5 Å². The van der Waals surface area contributed by atoms with Crippen molar-refractivity contribution >= 4 is 11.8 Å². The zero-order valence-electron chi connectivity index (χ0n) is 12.2. The highest BCUT2D eigenvalue weighted by Crippen LogP contribution is 2.20. The van der Waals surface area contributed by atoms with Crippen molar-refractivity contribution in [1.82, 2.24) is 10.3 Å². The van der Waals surface area contributed by atoms with Crippen LogP contribution in [0.3, 0.4) is 0 Å². The van der Waals surface area contributed by atoms with E-state index < -0.39 is 0 Å². The first-order valence-electron chi connectivity index (χ1n) is 7.09. The number of likely N-dealkylation sites (N-methyl/N-ethyl adjacent to an activating group) is 1. The number of aromatic nitrogens is 1. The Morgan fingerprint density at radius 2 is 2.00 bits per heavy atom. The van der Waals surface area contributed by atoms with Crippen LogP contribution in [0.4, 0.5) is 0 Å². The molecule has 2 nitrogen and oxygen atoms in total. The molecule has 1 heterocycles. The molecule has 20 heavy (non-hydrogen) atoms. The topological polar surface area (TPSA) is 24.9 Å². The van der Waals surface area contributed by atoms with Gasteiger partial charge in [0.05, 0.1) is 0 Å². The number of nitrogens with one attached hydrogen (secondary N) is 1. The molecule has 1 unspecified atom stereocenters. The number of rotatable bonds is 7. The van der Waals surface area contributed by atoms with Gasteiger partial charge in [0, 0.05) is 29.1 Å². The Balaban J connectivity index is 1.92. The van der Waals surface area contributed by atoms with Gasteiger partial charge in [-0.1, -0.05) is 24.6 Å². The van der Waals surface area contributed by atoms with Gasteiger partial charge >= 0.3 is 0 Å². The summed E-state index contributed by atoms with van der Waals surface area (Å²) in [6.45, 7) is 5.31. The molecular formula is C17H22N2S. The smallest absolute Gasteiger partial charge is 0.0270 e. The van der Waals surface area contributed by atoms with E-state index in [0.29, 0.717) is 6.04 Å². The lowest BCUT2D eigenvalue weighted by atomic mass is 10.1. The maximum absolute atomic E-state index is 4.08. The van der Waals surface area contributed by atoms with Crippen LogP contribution in [0.5, 0.6) is 0 Å². The number of hydrogen-bond acceptors (Lipinski definition) is 3. The van der Waals surface area contributed by atoms with E-state index >= 15 is 0 Å². The molecule has 1 atom stereocenters. The minimum Gasteiger partial charge on any atom is -0.313 e. The van der Waals surface area contributed by atoms with Crippen LogP contribution < -0.4 is 5.32 Å². The number of hydrogen-bond donors (Lipinski definition) is 1. The van der Waals surface area contributed by atoms with Crippen molar-refractivity contribution < 1.29 is 0 Å². The molecule has 0 amide bonds. The Morgan fingerprint density at radius 3 is 2.70 bits per heavy atom. The minimum atomic E-state index is 0.493. The second kappa shape index (κ2) is 8.08. The first-order valence-corrected chi connectivity index (χ1v) is 8.08. The molecule has 2 aromatic rings. The van der Waals surface area contributed by atoms with Crippen molar-refractivity contribution in [3.63, 3.8) is 0 Å². The summed E-state index contributed by atoms with van der Waals surface area (Å²) < 4.78 is 0. The number of pyridine rings is 1. The van der Waals surface area contributed by atoms with E-state index in [-0.39, 0.29) is 0 Å². The van der Waals surface area contributed by atoms with Crippen LogP contribution in [0.1, 0.15) is 18.1 Å². The normalized spacial score (nSPS) is 12.3. The third-order valence-corrected chi connectivity index (χ3v) is 4.32.